The number of amides is 1. The summed E-state index contributed by atoms with van der Waals surface area (Å²) in [5.41, 5.74) is 0.463. The summed E-state index contributed by atoms with van der Waals surface area (Å²) in [6, 6.07) is 9.05. The fourth-order valence-electron chi connectivity index (χ4n) is 2.43. The van der Waals surface area contributed by atoms with Crippen LogP contribution in [0.3, 0.4) is 0 Å². The predicted molar refractivity (Wildman–Crippen MR) is 76.2 cm³/mol. The zero-order valence-electron chi connectivity index (χ0n) is 11.8. The molecule has 1 amide bonds. The van der Waals surface area contributed by atoms with Gasteiger partial charge < -0.3 is 9.64 Å². The van der Waals surface area contributed by atoms with Crippen molar-refractivity contribution in [3.05, 3.63) is 29.8 Å². The molecule has 4 heteroatoms. The maximum Gasteiger partial charge on any atom is 0.260 e. The van der Waals surface area contributed by atoms with Gasteiger partial charge in [-0.05, 0) is 37.3 Å². The number of likely N-dealkylation sites (tertiary alicyclic amines) is 1. The quantitative estimate of drug-likeness (QED) is 0.849. The lowest BCUT2D eigenvalue weighted by molar-refractivity contribution is -0.133. The lowest BCUT2D eigenvalue weighted by atomic mass is 10.0. The van der Waals surface area contributed by atoms with Gasteiger partial charge in [-0.3, -0.25) is 4.79 Å². The third kappa shape index (κ3) is 3.74. The highest BCUT2D eigenvalue weighted by Gasteiger charge is 2.19. The third-order valence-electron chi connectivity index (χ3n) is 3.73. The summed E-state index contributed by atoms with van der Waals surface area (Å²) in [6.07, 6.45) is 3.30. The molecular weight excluding hydrogens is 252 g/mol. The molecule has 4 nitrogen and oxygen atoms in total. The molecule has 0 N–H and O–H groups in total. The molecule has 1 saturated heterocycles. The minimum absolute atomic E-state index is 0.00634. The van der Waals surface area contributed by atoms with Crippen LogP contribution in [0.15, 0.2) is 24.3 Å². The van der Waals surface area contributed by atoms with Crippen molar-refractivity contribution in [3.8, 4) is 11.8 Å². The van der Waals surface area contributed by atoms with Crippen LogP contribution in [-0.4, -0.2) is 30.5 Å². The molecule has 20 heavy (non-hydrogen) atoms. The first-order chi connectivity index (χ1) is 9.70. The molecule has 0 radical (unpaired) electrons. The highest BCUT2D eigenvalue weighted by atomic mass is 16.5. The SMILES string of the molecule is CC1CCCN(C(=O)COc2ccccc2C#N)CC1. The van der Waals surface area contributed by atoms with Crippen LogP contribution in [0.25, 0.3) is 0 Å². The van der Waals surface area contributed by atoms with Gasteiger partial charge in [-0.2, -0.15) is 5.26 Å². The number of carbonyl (C=O) groups excluding carboxylic acids is 1. The van der Waals surface area contributed by atoms with Gasteiger partial charge in [-0.15, -0.1) is 0 Å². The molecule has 1 fully saturated rings. The van der Waals surface area contributed by atoms with Crippen LogP contribution < -0.4 is 4.74 Å². The Balaban J connectivity index is 1.90. The Kier molecular flexibility index (Phi) is 5.00. The second-order valence-corrected chi connectivity index (χ2v) is 5.31. The molecule has 2 rings (SSSR count). The molecule has 1 atom stereocenters. The molecule has 0 spiro atoms. The number of nitriles is 1. The van der Waals surface area contributed by atoms with Crippen molar-refractivity contribution in [2.75, 3.05) is 19.7 Å². The first-order valence-corrected chi connectivity index (χ1v) is 7.10. The fourth-order valence-corrected chi connectivity index (χ4v) is 2.43. The van der Waals surface area contributed by atoms with Crippen LogP contribution >= 0.6 is 0 Å². The lowest BCUT2D eigenvalue weighted by Crippen LogP contribution is -2.35. The van der Waals surface area contributed by atoms with E-state index in [0.29, 0.717) is 17.2 Å². The average molecular weight is 272 g/mol. The predicted octanol–water partition coefficient (Wildman–Crippen LogP) is 2.59. The molecule has 0 saturated carbocycles. The minimum Gasteiger partial charge on any atom is -0.482 e. The second kappa shape index (κ2) is 6.95. The first-order valence-electron chi connectivity index (χ1n) is 7.10. The molecule has 1 unspecified atom stereocenters. The van der Waals surface area contributed by atoms with Crippen molar-refractivity contribution in [2.45, 2.75) is 26.2 Å². The number of benzene rings is 1. The maximum atomic E-state index is 12.1. The van der Waals surface area contributed by atoms with Crippen LogP contribution in [0.4, 0.5) is 0 Å². The van der Waals surface area contributed by atoms with Gasteiger partial charge in [0.1, 0.15) is 11.8 Å². The Morgan fingerprint density at radius 3 is 3.00 bits per heavy atom. The van der Waals surface area contributed by atoms with Gasteiger partial charge in [0, 0.05) is 13.1 Å². The van der Waals surface area contributed by atoms with Gasteiger partial charge in [0.15, 0.2) is 6.61 Å². The molecule has 0 aliphatic carbocycles. The number of nitrogens with zero attached hydrogens (tertiary/aromatic N) is 2. The van der Waals surface area contributed by atoms with E-state index in [4.69, 9.17) is 10.00 Å². The summed E-state index contributed by atoms with van der Waals surface area (Å²) in [6.45, 7) is 3.86. The Hall–Kier alpha value is -2.02. The summed E-state index contributed by atoms with van der Waals surface area (Å²) in [7, 11) is 0. The van der Waals surface area contributed by atoms with E-state index in [1.165, 1.54) is 6.42 Å². The van der Waals surface area contributed by atoms with E-state index in [2.05, 4.69) is 13.0 Å². The zero-order chi connectivity index (χ0) is 14.4. The number of rotatable bonds is 3. The highest BCUT2D eigenvalue weighted by Crippen LogP contribution is 2.18. The van der Waals surface area contributed by atoms with E-state index < -0.39 is 0 Å². The van der Waals surface area contributed by atoms with Gasteiger partial charge >= 0.3 is 0 Å². The maximum absolute atomic E-state index is 12.1. The van der Waals surface area contributed by atoms with E-state index >= 15 is 0 Å². The zero-order valence-corrected chi connectivity index (χ0v) is 11.8. The van der Waals surface area contributed by atoms with Crippen LogP contribution in [0.5, 0.6) is 5.75 Å². The summed E-state index contributed by atoms with van der Waals surface area (Å²) in [4.78, 5) is 14.0. The van der Waals surface area contributed by atoms with Gasteiger partial charge in [-0.25, -0.2) is 0 Å². The van der Waals surface area contributed by atoms with Crippen molar-refractivity contribution in [2.24, 2.45) is 5.92 Å². The summed E-state index contributed by atoms with van der Waals surface area (Å²) in [5, 5.41) is 8.97. The molecule has 0 bridgehead atoms. The number of hydrogen-bond acceptors (Lipinski definition) is 3. The van der Waals surface area contributed by atoms with E-state index in [1.807, 2.05) is 4.90 Å². The van der Waals surface area contributed by atoms with Crippen LogP contribution in [-0.2, 0) is 4.79 Å². The van der Waals surface area contributed by atoms with Gasteiger partial charge in [0.25, 0.3) is 5.91 Å². The minimum atomic E-state index is 0.00634. The van der Waals surface area contributed by atoms with Crippen molar-refractivity contribution in [1.82, 2.24) is 4.90 Å². The summed E-state index contributed by atoms with van der Waals surface area (Å²) >= 11 is 0. The Morgan fingerprint density at radius 1 is 1.40 bits per heavy atom. The van der Waals surface area contributed by atoms with Gasteiger partial charge in [-0.1, -0.05) is 19.1 Å². The van der Waals surface area contributed by atoms with E-state index in [-0.39, 0.29) is 12.5 Å². The largest absolute Gasteiger partial charge is 0.482 e. The number of hydrogen-bond donors (Lipinski definition) is 0. The Morgan fingerprint density at radius 2 is 2.20 bits per heavy atom. The molecule has 106 valence electrons. The average Bonchev–Trinajstić information content (AvgIpc) is 2.70. The van der Waals surface area contributed by atoms with Crippen LogP contribution in [0.2, 0.25) is 0 Å². The van der Waals surface area contributed by atoms with Crippen molar-refractivity contribution in [3.63, 3.8) is 0 Å². The van der Waals surface area contributed by atoms with Gasteiger partial charge in [0.2, 0.25) is 0 Å². The smallest absolute Gasteiger partial charge is 0.260 e. The molecule has 1 heterocycles. The molecule has 1 aliphatic heterocycles. The van der Waals surface area contributed by atoms with Crippen LogP contribution in [0, 0.1) is 17.2 Å². The topological polar surface area (TPSA) is 53.3 Å². The molecule has 1 aliphatic rings. The second-order valence-electron chi connectivity index (χ2n) is 5.31. The molecule has 1 aromatic carbocycles. The number of carbonyl (C=O) groups is 1. The molecular formula is C16H20N2O2. The van der Waals surface area contributed by atoms with Crippen LogP contribution in [0.1, 0.15) is 31.7 Å². The third-order valence-corrected chi connectivity index (χ3v) is 3.73. The van der Waals surface area contributed by atoms with Crippen molar-refractivity contribution < 1.29 is 9.53 Å². The van der Waals surface area contributed by atoms with Crippen molar-refractivity contribution >= 4 is 5.91 Å². The van der Waals surface area contributed by atoms with E-state index in [1.54, 1.807) is 24.3 Å². The Bertz CT molecular complexity index is 507. The highest BCUT2D eigenvalue weighted by molar-refractivity contribution is 5.77. The van der Waals surface area contributed by atoms with E-state index in [9.17, 15) is 4.79 Å². The van der Waals surface area contributed by atoms with Gasteiger partial charge in [0.05, 0.1) is 5.56 Å². The molecule has 1 aromatic rings. The Labute approximate surface area is 120 Å². The fraction of sp³-hybridized carbons (Fsp3) is 0.500. The summed E-state index contributed by atoms with van der Waals surface area (Å²) in [5.74, 6) is 1.17. The van der Waals surface area contributed by atoms with Crippen molar-refractivity contribution in [1.29, 1.82) is 5.26 Å². The van der Waals surface area contributed by atoms with E-state index in [0.717, 1.165) is 25.9 Å². The molecule has 0 aromatic heterocycles. The summed E-state index contributed by atoms with van der Waals surface area (Å²) < 4.78 is 5.50. The standard InChI is InChI=1S/C16H20N2O2/c1-13-5-4-9-18(10-8-13)16(19)12-20-15-7-3-2-6-14(15)11-17/h2-3,6-7,13H,4-5,8-10,12H2,1H3. The first kappa shape index (κ1) is 14.4. The monoisotopic (exact) mass is 272 g/mol. The number of ether oxygens (including phenoxy) is 1. The normalized spacial score (nSPS) is 19.0. The lowest BCUT2D eigenvalue weighted by Gasteiger charge is -2.20. The number of para-hydroxylation sites is 1.